The second-order valence-electron chi connectivity index (χ2n) is 12.2. The molecule has 3 fully saturated rings. The SMILES string of the molecule is CC(C)CCC[C@H](C)[C@H]1CC[C@@H]2[C@H]3CCC4=C[C@@H](S)CC[C@]4(C)[C@H]3CC[C@@]21C. The van der Waals surface area contributed by atoms with Crippen LogP contribution >= 0.6 is 12.6 Å². The van der Waals surface area contributed by atoms with E-state index in [1.807, 2.05) is 0 Å². The zero-order chi connectivity index (χ0) is 20.1. The molecule has 160 valence electrons. The van der Waals surface area contributed by atoms with Crippen molar-refractivity contribution >= 4 is 12.6 Å². The highest BCUT2D eigenvalue weighted by Crippen LogP contribution is 2.67. The molecule has 4 rings (SSSR count). The average Bonchev–Trinajstić information content (AvgIpc) is 2.99. The molecule has 0 unspecified atom stereocenters. The molecule has 3 saturated carbocycles. The van der Waals surface area contributed by atoms with E-state index < -0.39 is 0 Å². The maximum absolute atomic E-state index is 4.81. The van der Waals surface area contributed by atoms with Crippen molar-refractivity contribution < 1.29 is 0 Å². The van der Waals surface area contributed by atoms with E-state index in [0.717, 1.165) is 35.5 Å². The quantitative estimate of drug-likeness (QED) is 0.347. The molecule has 0 bridgehead atoms. The minimum Gasteiger partial charge on any atom is -0.172 e. The summed E-state index contributed by atoms with van der Waals surface area (Å²) in [5, 5.41) is 0.524. The minimum absolute atomic E-state index is 0.504. The van der Waals surface area contributed by atoms with E-state index in [-0.39, 0.29) is 0 Å². The third kappa shape index (κ3) is 3.54. The van der Waals surface area contributed by atoms with Gasteiger partial charge in [0.15, 0.2) is 0 Å². The summed E-state index contributed by atoms with van der Waals surface area (Å²) in [5.74, 6) is 5.76. The first kappa shape index (κ1) is 21.3. The summed E-state index contributed by atoms with van der Waals surface area (Å²) in [5.41, 5.74) is 2.93. The monoisotopic (exact) mass is 402 g/mol. The molecule has 0 spiro atoms. The summed E-state index contributed by atoms with van der Waals surface area (Å²) in [4.78, 5) is 0. The molecule has 4 aliphatic carbocycles. The molecular formula is C27H46S. The van der Waals surface area contributed by atoms with Crippen LogP contribution in [0.25, 0.3) is 0 Å². The maximum atomic E-state index is 4.81. The maximum Gasteiger partial charge on any atom is 0.0199 e. The Labute approximate surface area is 181 Å². The van der Waals surface area contributed by atoms with Crippen LogP contribution in [0.15, 0.2) is 11.6 Å². The van der Waals surface area contributed by atoms with Crippen molar-refractivity contribution in [3.8, 4) is 0 Å². The molecule has 0 heterocycles. The van der Waals surface area contributed by atoms with Gasteiger partial charge < -0.3 is 0 Å². The second kappa shape index (κ2) is 7.97. The van der Waals surface area contributed by atoms with Crippen molar-refractivity contribution in [2.24, 2.45) is 46.3 Å². The van der Waals surface area contributed by atoms with Crippen LogP contribution in [-0.4, -0.2) is 5.25 Å². The van der Waals surface area contributed by atoms with Crippen molar-refractivity contribution in [2.75, 3.05) is 0 Å². The molecule has 4 aliphatic rings. The lowest BCUT2D eigenvalue weighted by Crippen LogP contribution is -2.51. The lowest BCUT2D eigenvalue weighted by atomic mass is 9.46. The molecule has 0 aromatic heterocycles. The van der Waals surface area contributed by atoms with E-state index in [0.29, 0.717) is 16.1 Å². The lowest BCUT2D eigenvalue weighted by Gasteiger charge is -2.59. The van der Waals surface area contributed by atoms with Gasteiger partial charge in [-0.1, -0.05) is 65.5 Å². The Hall–Kier alpha value is 0.0900. The molecule has 0 nitrogen and oxygen atoms in total. The number of thiol groups is 1. The summed E-state index contributed by atoms with van der Waals surface area (Å²) >= 11 is 4.81. The van der Waals surface area contributed by atoms with Crippen LogP contribution in [0.1, 0.15) is 105 Å². The topological polar surface area (TPSA) is 0 Å². The molecule has 8 atom stereocenters. The average molecular weight is 403 g/mol. The minimum atomic E-state index is 0.504. The Kier molecular flexibility index (Phi) is 6.07. The third-order valence-corrected chi connectivity index (χ3v) is 10.7. The Morgan fingerprint density at radius 2 is 1.75 bits per heavy atom. The van der Waals surface area contributed by atoms with Gasteiger partial charge in [0, 0.05) is 5.25 Å². The zero-order valence-corrected chi connectivity index (χ0v) is 20.2. The number of rotatable bonds is 5. The van der Waals surface area contributed by atoms with Crippen LogP contribution in [0.2, 0.25) is 0 Å². The van der Waals surface area contributed by atoms with E-state index in [1.54, 1.807) is 5.57 Å². The summed E-state index contributed by atoms with van der Waals surface area (Å²) in [7, 11) is 0. The van der Waals surface area contributed by atoms with Gasteiger partial charge in [-0.05, 0) is 97.7 Å². The largest absolute Gasteiger partial charge is 0.172 e. The van der Waals surface area contributed by atoms with Gasteiger partial charge in [0.1, 0.15) is 0 Å². The van der Waals surface area contributed by atoms with Gasteiger partial charge in [-0.2, -0.15) is 12.6 Å². The number of hydrogen-bond acceptors (Lipinski definition) is 1. The van der Waals surface area contributed by atoms with Crippen molar-refractivity contribution in [2.45, 2.75) is 110 Å². The molecule has 0 N–H and O–H groups in total. The molecule has 28 heavy (non-hydrogen) atoms. The number of hydrogen-bond donors (Lipinski definition) is 1. The fraction of sp³-hybridized carbons (Fsp3) is 0.926. The first-order chi connectivity index (χ1) is 13.3. The molecule has 0 radical (unpaired) electrons. The van der Waals surface area contributed by atoms with Crippen molar-refractivity contribution in [3.05, 3.63) is 11.6 Å². The molecular weight excluding hydrogens is 356 g/mol. The van der Waals surface area contributed by atoms with Gasteiger partial charge in [0.25, 0.3) is 0 Å². The normalized spacial score (nSPS) is 46.5. The van der Waals surface area contributed by atoms with Crippen LogP contribution in [-0.2, 0) is 0 Å². The second-order valence-corrected chi connectivity index (χ2v) is 12.8. The first-order valence-electron chi connectivity index (χ1n) is 12.6. The van der Waals surface area contributed by atoms with Gasteiger partial charge in [-0.25, -0.2) is 0 Å². The molecule has 0 aromatic rings. The van der Waals surface area contributed by atoms with Crippen LogP contribution in [0, 0.1) is 46.3 Å². The Morgan fingerprint density at radius 3 is 2.50 bits per heavy atom. The highest BCUT2D eigenvalue weighted by Gasteiger charge is 2.59. The molecule has 0 aromatic carbocycles. The van der Waals surface area contributed by atoms with E-state index >= 15 is 0 Å². The summed E-state index contributed by atoms with van der Waals surface area (Å²) in [6.07, 6.45) is 18.5. The molecule has 0 saturated heterocycles. The Balaban J connectivity index is 1.48. The fourth-order valence-corrected chi connectivity index (χ4v) is 9.04. The number of fused-ring (bicyclic) bond motifs is 5. The van der Waals surface area contributed by atoms with Gasteiger partial charge in [0.2, 0.25) is 0 Å². The van der Waals surface area contributed by atoms with E-state index in [4.69, 9.17) is 12.6 Å². The van der Waals surface area contributed by atoms with Crippen LogP contribution in [0.4, 0.5) is 0 Å². The van der Waals surface area contributed by atoms with Crippen molar-refractivity contribution in [1.82, 2.24) is 0 Å². The van der Waals surface area contributed by atoms with Crippen molar-refractivity contribution in [3.63, 3.8) is 0 Å². The summed E-state index contributed by atoms with van der Waals surface area (Å²) in [6.45, 7) is 12.7. The summed E-state index contributed by atoms with van der Waals surface area (Å²) < 4.78 is 0. The van der Waals surface area contributed by atoms with Crippen LogP contribution in [0.3, 0.4) is 0 Å². The lowest BCUT2D eigenvalue weighted by molar-refractivity contribution is -0.0590. The van der Waals surface area contributed by atoms with Gasteiger partial charge in [-0.15, -0.1) is 0 Å². The molecule has 0 amide bonds. The standard InChI is InChI=1S/C27H46S/c1-18(2)7-6-8-19(3)23-11-12-24-22-10-9-20-17-21(28)13-15-26(20,4)25(22)14-16-27(23,24)5/h17-19,21-25,28H,6-16H2,1-5H3/t19-,21-,22+,23+,24+,25-,26-,27+/m0/s1. The predicted molar refractivity (Wildman–Crippen MR) is 126 cm³/mol. The fourth-order valence-electron chi connectivity index (χ4n) is 8.73. The summed E-state index contributed by atoms with van der Waals surface area (Å²) in [6, 6.07) is 0. The Bertz CT molecular complexity index is 591. The predicted octanol–water partition coefficient (Wildman–Crippen LogP) is 8.33. The van der Waals surface area contributed by atoms with Crippen molar-refractivity contribution in [1.29, 1.82) is 0 Å². The van der Waals surface area contributed by atoms with E-state index in [2.05, 4.69) is 40.7 Å². The Morgan fingerprint density at radius 1 is 0.964 bits per heavy atom. The zero-order valence-electron chi connectivity index (χ0n) is 19.3. The highest BCUT2D eigenvalue weighted by molar-refractivity contribution is 7.81. The smallest absolute Gasteiger partial charge is 0.0199 e. The van der Waals surface area contributed by atoms with Gasteiger partial charge >= 0.3 is 0 Å². The highest BCUT2D eigenvalue weighted by atomic mass is 32.1. The van der Waals surface area contributed by atoms with E-state index in [1.165, 1.54) is 70.6 Å². The van der Waals surface area contributed by atoms with Crippen LogP contribution < -0.4 is 0 Å². The van der Waals surface area contributed by atoms with E-state index in [9.17, 15) is 0 Å². The van der Waals surface area contributed by atoms with Gasteiger partial charge in [0.05, 0.1) is 0 Å². The number of allylic oxidation sites excluding steroid dienone is 1. The molecule has 0 aliphatic heterocycles. The van der Waals surface area contributed by atoms with Gasteiger partial charge in [-0.3, -0.25) is 0 Å². The third-order valence-electron chi connectivity index (χ3n) is 10.3. The first-order valence-corrected chi connectivity index (χ1v) is 13.2. The van der Waals surface area contributed by atoms with Crippen LogP contribution in [0.5, 0.6) is 0 Å². The molecule has 1 heteroatoms.